The summed E-state index contributed by atoms with van der Waals surface area (Å²) in [6.45, 7) is 4.89. The largest absolute Gasteiger partial charge is 0.379 e. The van der Waals surface area contributed by atoms with E-state index < -0.39 is 5.54 Å². The molecule has 1 atom stereocenters. The zero-order valence-electron chi connectivity index (χ0n) is 9.58. The van der Waals surface area contributed by atoms with Crippen molar-refractivity contribution in [2.24, 2.45) is 5.73 Å². The van der Waals surface area contributed by atoms with Crippen molar-refractivity contribution in [2.75, 3.05) is 13.2 Å². The Hall–Kier alpha value is -0.780. The highest BCUT2D eigenvalue weighted by Gasteiger charge is 2.38. The van der Waals surface area contributed by atoms with Crippen LogP contribution in [-0.2, 0) is 16.0 Å². The van der Waals surface area contributed by atoms with Gasteiger partial charge in [-0.05, 0) is 20.3 Å². The van der Waals surface area contributed by atoms with Crippen molar-refractivity contribution >= 4 is 17.1 Å². The summed E-state index contributed by atoms with van der Waals surface area (Å²) in [4.78, 5) is 17.5. The van der Waals surface area contributed by atoms with E-state index in [1.165, 1.54) is 0 Å². The Morgan fingerprint density at radius 3 is 2.88 bits per heavy atom. The second kappa shape index (κ2) is 4.24. The van der Waals surface area contributed by atoms with Crippen LogP contribution >= 0.6 is 11.3 Å². The molecule has 1 unspecified atom stereocenters. The number of hydrogen-bond donors (Lipinski definition) is 1. The fourth-order valence-corrected chi connectivity index (χ4v) is 2.66. The molecular formula is C11H16N2O2S. The van der Waals surface area contributed by atoms with Crippen LogP contribution in [-0.4, -0.2) is 29.5 Å². The molecule has 0 aliphatic carbocycles. The van der Waals surface area contributed by atoms with Gasteiger partial charge < -0.3 is 10.5 Å². The van der Waals surface area contributed by atoms with E-state index in [0.717, 1.165) is 15.6 Å². The topological polar surface area (TPSA) is 65.2 Å². The summed E-state index contributed by atoms with van der Waals surface area (Å²) in [7, 11) is 0. The van der Waals surface area contributed by atoms with Crippen LogP contribution in [0, 0.1) is 13.8 Å². The van der Waals surface area contributed by atoms with Crippen molar-refractivity contribution in [2.45, 2.75) is 32.2 Å². The number of thiazole rings is 1. The highest BCUT2D eigenvalue weighted by molar-refractivity contribution is 7.11. The minimum Gasteiger partial charge on any atom is -0.379 e. The Bertz CT molecular complexity index is 389. The molecule has 16 heavy (non-hydrogen) atoms. The lowest BCUT2D eigenvalue weighted by Gasteiger charge is -2.18. The molecule has 0 aromatic carbocycles. The lowest BCUT2D eigenvalue weighted by molar-refractivity contribution is -0.123. The molecule has 88 valence electrons. The van der Waals surface area contributed by atoms with E-state index in [-0.39, 0.29) is 5.78 Å². The van der Waals surface area contributed by atoms with Crippen molar-refractivity contribution in [3.8, 4) is 0 Å². The third-order valence-corrected chi connectivity index (χ3v) is 4.06. The summed E-state index contributed by atoms with van der Waals surface area (Å²) >= 11 is 1.57. The fraction of sp³-hybridized carbons (Fsp3) is 0.636. The van der Waals surface area contributed by atoms with Crippen LogP contribution in [0.2, 0.25) is 0 Å². The Morgan fingerprint density at radius 1 is 1.62 bits per heavy atom. The van der Waals surface area contributed by atoms with E-state index in [4.69, 9.17) is 10.5 Å². The SMILES string of the molecule is Cc1nc(CC(=O)C2(N)CCOC2)sc1C. The quantitative estimate of drug-likeness (QED) is 0.855. The normalized spacial score (nSPS) is 24.9. The molecule has 0 amide bonds. The molecule has 1 aromatic heterocycles. The number of carbonyl (C=O) groups excluding carboxylic acids is 1. The van der Waals surface area contributed by atoms with Crippen molar-refractivity contribution in [1.29, 1.82) is 0 Å². The lowest BCUT2D eigenvalue weighted by Crippen LogP contribution is -2.49. The number of nitrogens with zero attached hydrogens (tertiary/aromatic N) is 1. The van der Waals surface area contributed by atoms with Crippen LogP contribution in [0.25, 0.3) is 0 Å². The van der Waals surface area contributed by atoms with Crippen LogP contribution in [0.5, 0.6) is 0 Å². The van der Waals surface area contributed by atoms with Crippen LogP contribution in [0.15, 0.2) is 0 Å². The molecule has 5 heteroatoms. The molecular weight excluding hydrogens is 224 g/mol. The summed E-state index contributed by atoms with van der Waals surface area (Å²) in [5, 5.41) is 0.858. The third kappa shape index (κ3) is 2.16. The number of rotatable bonds is 3. The summed E-state index contributed by atoms with van der Waals surface area (Å²) in [6.07, 6.45) is 0.953. The second-order valence-electron chi connectivity index (χ2n) is 4.31. The summed E-state index contributed by atoms with van der Waals surface area (Å²) in [6, 6.07) is 0. The first kappa shape index (κ1) is 11.7. The van der Waals surface area contributed by atoms with Crippen LogP contribution in [0.4, 0.5) is 0 Å². The smallest absolute Gasteiger partial charge is 0.161 e. The van der Waals surface area contributed by atoms with Crippen molar-refractivity contribution in [3.63, 3.8) is 0 Å². The summed E-state index contributed by atoms with van der Waals surface area (Å²) < 4.78 is 5.19. The van der Waals surface area contributed by atoms with Gasteiger partial charge in [-0.2, -0.15) is 0 Å². The molecule has 1 aliphatic rings. The molecule has 2 rings (SSSR count). The van der Waals surface area contributed by atoms with Gasteiger partial charge in [0.1, 0.15) is 10.5 Å². The Labute approximate surface area is 98.8 Å². The predicted octanol–water partition coefficient (Wildman–Crippen LogP) is 0.989. The van der Waals surface area contributed by atoms with E-state index in [1.807, 2.05) is 13.8 Å². The van der Waals surface area contributed by atoms with Gasteiger partial charge in [-0.3, -0.25) is 4.79 Å². The number of Topliss-reactive ketones (excluding diaryl/α,β-unsaturated/α-hetero) is 1. The van der Waals surface area contributed by atoms with Gasteiger partial charge in [0.15, 0.2) is 5.78 Å². The van der Waals surface area contributed by atoms with Gasteiger partial charge in [0.05, 0.1) is 18.7 Å². The van der Waals surface area contributed by atoms with Gasteiger partial charge in [0, 0.05) is 11.5 Å². The number of aromatic nitrogens is 1. The molecule has 1 aliphatic heterocycles. The average molecular weight is 240 g/mol. The minimum atomic E-state index is -0.784. The Kier molecular flexibility index (Phi) is 3.10. The van der Waals surface area contributed by atoms with E-state index in [2.05, 4.69) is 4.98 Å². The van der Waals surface area contributed by atoms with Crippen molar-refractivity contribution < 1.29 is 9.53 Å². The maximum atomic E-state index is 12.0. The van der Waals surface area contributed by atoms with Crippen LogP contribution < -0.4 is 5.73 Å². The predicted molar refractivity (Wildman–Crippen MR) is 62.7 cm³/mol. The monoisotopic (exact) mass is 240 g/mol. The van der Waals surface area contributed by atoms with Gasteiger partial charge in [-0.25, -0.2) is 4.98 Å². The number of nitrogens with two attached hydrogens (primary N) is 1. The van der Waals surface area contributed by atoms with Crippen LogP contribution in [0.1, 0.15) is 22.0 Å². The highest BCUT2D eigenvalue weighted by atomic mass is 32.1. The van der Waals surface area contributed by atoms with Crippen molar-refractivity contribution in [3.05, 3.63) is 15.6 Å². The first-order chi connectivity index (χ1) is 7.51. The molecule has 0 spiro atoms. The van der Waals surface area contributed by atoms with Gasteiger partial charge in [-0.1, -0.05) is 0 Å². The van der Waals surface area contributed by atoms with Gasteiger partial charge in [-0.15, -0.1) is 11.3 Å². The zero-order chi connectivity index (χ0) is 11.8. The number of aryl methyl sites for hydroxylation is 2. The Morgan fingerprint density at radius 2 is 2.38 bits per heavy atom. The standard InChI is InChI=1S/C11H16N2O2S/c1-7-8(2)16-10(13-7)5-9(14)11(12)3-4-15-6-11/h3-6,12H2,1-2H3. The van der Waals surface area contributed by atoms with Gasteiger partial charge >= 0.3 is 0 Å². The zero-order valence-corrected chi connectivity index (χ0v) is 10.4. The lowest BCUT2D eigenvalue weighted by atomic mass is 9.93. The molecule has 1 saturated heterocycles. The molecule has 2 heterocycles. The number of ether oxygens (including phenoxy) is 1. The molecule has 2 N–H and O–H groups in total. The molecule has 1 aromatic rings. The summed E-state index contributed by atoms with van der Waals surface area (Å²) in [5.41, 5.74) is 6.21. The average Bonchev–Trinajstić information content (AvgIpc) is 2.76. The number of hydrogen-bond acceptors (Lipinski definition) is 5. The van der Waals surface area contributed by atoms with E-state index in [0.29, 0.717) is 26.1 Å². The van der Waals surface area contributed by atoms with Crippen molar-refractivity contribution in [1.82, 2.24) is 4.98 Å². The van der Waals surface area contributed by atoms with Gasteiger partial charge in [0.2, 0.25) is 0 Å². The minimum absolute atomic E-state index is 0.0405. The molecule has 0 bridgehead atoms. The number of carbonyl (C=O) groups is 1. The Balaban J connectivity index is 2.07. The van der Waals surface area contributed by atoms with Gasteiger partial charge in [0.25, 0.3) is 0 Å². The van der Waals surface area contributed by atoms with E-state index in [9.17, 15) is 4.79 Å². The maximum Gasteiger partial charge on any atom is 0.161 e. The molecule has 1 fully saturated rings. The summed E-state index contributed by atoms with van der Waals surface area (Å²) in [5.74, 6) is 0.0405. The van der Waals surface area contributed by atoms with Crippen LogP contribution in [0.3, 0.4) is 0 Å². The first-order valence-corrected chi connectivity index (χ1v) is 6.16. The number of ketones is 1. The molecule has 0 saturated carbocycles. The highest BCUT2D eigenvalue weighted by Crippen LogP contribution is 2.22. The van der Waals surface area contributed by atoms with E-state index >= 15 is 0 Å². The fourth-order valence-electron chi connectivity index (χ4n) is 1.73. The first-order valence-electron chi connectivity index (χ1n) is 5.34. The maximum absolute atomic E-state index is 12.0. The molecule has 4 nitrogen and oxygen atoms in total. The third-order valence-electron chi connectivity index (χ3n) is 2.99. The van der Waals surface area contributed by atoms with E-state index in [1.54, 1.807) is 11.3 Å². The second-order valence-corrected chi connectivity index (χ2v) is 5.60. The molecule has 0 radical (unpaired) electrons.